The molecular weight excluding hydrogens is 302 g/mol. The molecule has 0 spiro atoms. The lowest BCUT2D eigenvalue weighted by Gasteiger charge is -2.24. The molecule has 1 N–H and O–H groups in total. The smallest absolute Gasteiger partial charge is 0.123 e. The Morgan fingerprint density at radius 1 is 1.37 bits per heavy atom. The van der Waals surface area contributed by atoms with Gasteiger partial charge in [-0.1, -0.05) is 36.2 Å². The minimum atomic E-state index is 0.464. The Hall–Kier alpha value is -0.540. The van der Waals surface area contributed by atoms with Gasteiger partial charge >= 0.3 is 0 Å². The van der Waals surface area contributed by atoms with Crippen LogP contribution >= 0.6 is 15.9 Å². The Kier molecular flexibility index (Phi) is 5.28. The van der Waals surface area contributed by atoms with Crippen LogP contribution in [0.15, 0.2) is 16.6 Å². The lowest BCUT2D eigenvalue weighted by Crippen LogP contribution is -2.35. The maximum Gasteiger partial charge on any atom is 0.123 e. The van der Waals surface area contributed by atoms with Crippen LogP contribution in [-0.2, 0) is 6.42 Å². The largest absolute Gasteiger partial charge is 0.496 e. The molecule has 1 aliphatic rings. The first kappa shape index (κ1) is 14.9. The third-order valence-electron chi connectivity index (χ3n) is 3.84. The van der Waals surface area contributed by atoms with Gasteiger partial charge in [-0.25, -0.2) is 0 Å². The van der Waals surface area contributed by atoms with E-state index in [2.05, 4.69) is 47.2 Å². The van der Waals surface area contributed by atoms with Crippen molar-refractivity contribution in [3.05, 3.63) is 27.7 Å². The van der Waals surface area contributed by atoms with Crippen molar-refractivity contribution in [1.29, 1.82) is 0 Å². The zero-order valence-corrected chi connectivity index (χ0v) is 13.7. The summed E-state index contributed by atoms with van der Waals surface area (Å²) in [5.41, 5.74) is 2.62. The number of benzene rings is 1. The molecule has 2 rings (SSSR count). The average Bonchev–Trinajstić information content (AvgIpc) is 2.38. The Morgan fingerprint density at radius 3 is 2.74 bits per heavy atom. The van der Waals surface area contributed by atoms with Crippen molar-refractivity contribution in [2.45, 2.75) is 51.5 Å². The van der Waals surface area contributed by atoms with Gasteiger partial charge in [0.15, 0.2) is 0 Å². The topological polar surface area (TPSA) is 21.3 Å². The first-order valence-electron chi connectivity index (χ1n) is 7.21. The molecule has 0 amide bonds. The molecule has 1 heterocycles. The van der Waals surface area contributed by atoms with Crippen molar-refractivity contribution < 1.29 is 4.74 Å². The highest BCUT2D eigenvalue weighted by molar-refractivity contribution is 9.10. The summed E-state index contributed by atoms with van der Waals surface area (Å²) in [4.78, 5) is 0. The van der Waals surface area contributed by atoms with Gasteiger partial charge in [0.2, 0.25) is 0 Å². The van der Waals surface area contributed by atoms with Crippen LogP contribution in [0.2, 0.25) is 0 Å². The Morgan fingerprint density at radius 2 is 2.16 bits per heavy atom. The fourth-order valence-corrected chi connectivity index (χ4v) is 3.82. The maximum atomic E-state index is 5.57. The minimum absolute atomic E-state index is 0.464. The van der Waals surface area contributed by atoms with Gasteiger partial charge in [-0.15, -0.1) is 0 Å². The summed E-state index contributed by atoms with van der Waals surface area (Å²) in [6.45, 7) is 5.56. The second-order valence-electron chi connectivity index (χ2n) is 5.70. The molecule has 0 radical (unpaired) electrons. The van der Waals surface area contributed by atoms with Gasteiger partial charge in [-0.05, 0) is 49.4 Å². The molecule has 0 saturated carbocycles. The number of halogens is 1. The molecule has 1 saturated heterocycles. The highest BCUT2D eigenvalue weighted by atomic mass is 79.9. The molecule has 0 bridgehead atoms. The molecule has 1 atom stereocenters. The van der Waals surface area contributed by atoms with Crippen LogP contribution in [0.25, 0.3) is 0 Å². The zero-order chi connectivity index (χ0) is 13.8. The number of piperidine rings is 1. The van der Waals surface area contributed by atoms with Crippen LogP contribution < -0.4 is 10.1 Å². The van der Waals surface area contributed by atoms with Gasteiger partial charge in [0.05, 0.1) is 7.11 Å². The summed E-state index contributed by atoms with van der Waals surface area (Å²) >= 11 is 3.70. The number of hydrogen-bond acceptors (Lipinski definition) is 2. The zero-order valence-electron chi connectivity index (χ0n) is 12.1. The van der Waals surface area contributed by atoms with E-state index in [9.17, 15) is 0 Å². The summed E-state index contributed by atoms with van der Waals surface area (Å²) in [6.07, 6.45) is 5.04. The number of nitrogens with one attached hydrogen (secondary N) is 1. The molecule has 106 valence electrons. The van der Waals surface area contributed by atoms with Crippen LogP contribution in [0.3, 0.4) is 0 Å². The second-order valence-corrected chi connectivity index (χ2v) is 6.55. The Balaban J connectivity index is 2.19. The number of hydrogen-bond donors (Lipinski definition) is 1. The molecule has 0 aliphatic carbocycles. The number of ether oxygens (including phenoxy) is 1. The standard InChI is InChI=1S/C16H24BrNO/c1-11(2)16-14(17)9-12(10-15(16)19-3)8-13-6-4-5-7-18-13/h9-11,13,18H,4-8H2,1-3H3. The second kappa shape index (κ2) is 6.76. The van der Waals surface area contributed by atoms with Gasteiger partial charge < -0.3 is 10.1 Å². The SMILES string of the molecule is COc1cc(CC2CCCCN2)cc(Br)c1C(C)C. The molecule has 3 heteroatoms. The van der Waals surface area contributed by atoms with Crippen LogP contribution in [-0.4, -0.2) is 19.7 Å². The number of rotatable bonds is 4. The van der Waals surface area contributed by atoms with Crippen LogP contribution in [0.1, 0.15) is 50.2 Å². The Bertz CT molecular complexity index is 425. The molecule has 1 unspecified atom stereocenters. The highest BCUT2D eigenvalue weighted by Crippen LogP contribution is 2.35. The third-order valence-corrected chi connectivity index (χ3v) is 4.50. The molecule has 0 aromatic heterocycles. The predicted octanol–water partition coefficient (Wildman–Crippen LogP) is 4.27. The van der Waals surface area contributed by atoms with E-state index in [1.54, 1.807) is 7.11 Å². The van der Waals surface area contributed by atoms with Crippen LogP contribution in [0.4, 0.5) is 0 Å². The van der Waals surface area contributed by atoms with E-state index >= 15 is 0 Å². The van der Waals surface area contributed by atoms with Crippen molar-refractivity contribution in [1.82, 2.24) is 5.32 Å². The van der Waals surface area contributed by atoms with E-state index in [1.165, 1.54) is 34.9 Å². The van der Waals surface area contributed by atoms with Crippen LogP contribution in [0.5, 0.6) is 5.75 Å². The van der Waals surface area contributed by atoms with E-state index in [1.807, 2.05) is 0 Å². The number of methoxy groups -OCH3 is 1. The first-order chi connectivity index (χ1) is 9.11. The fraction of sp³-hybridized carbons (Fsp3) is 0.625. The van der Waals surface area contributed by atoms with E-state index in [0.29, 0.717) is 12.0 Å². The molecule has 1 aromatic carbocycles. The molecule has 1 aliphatic heterocycles. The van der Waals surface area contributed by atoms with E-state index in [0.717, 1.165) is 18.7 Å². The molecule has 1 fully saturated rings. The minimum Gasteiger partial charge on any atom is -0.496 e. The fourth-order valence-electron chi connectivity index (χ4n) is 2.88. The van der Waals surface area contributed by atoms with Crippen molar-refractivity contribution in [3.63, 3.8) is 0 Å². The van der Waals surface area contributed by atoms with Crippen LogP contribution in [0, 0.1) is 0 Å². The van der Waals surface area contributed by atoms with Crippen molar-refractivity contribution in [2.75, 3.05) is 13.7 Å². The lowest BCUT2D eigenvalue weighted by molar-refractivity contribution is 0.394. The first-order valence-corrected chi connectivity index (χ1v) is 8.00. The summed E-state index contributed by atoms with van der Waals surface area (Å²) in [5, 5.41) is 3.61. The average molecular weight is 326 g/mol. The molecule has 19 heavy (non-hydrogen) atoms. The monoisotopic (exact) mass is 325 g/mol. The van der Waals surface area contributed by atoms with Gasteiger partial charge in [-0.3, -0.25) is 0 Å². The normalized spacial score (nSPS) is 19.7. The summed E-state index contributed by atoms with van der Waals surface area (Å²) < 4.78 is 6.74. The van der Waals surface area contributed by atoms with Gasteiger partial charge in [0.25, 0.3) is 0 Å². The predicted molar refractivity (Wildman–Crippen MR) is 84.1 cm³/mol. The van der Waals surface area contributed by atoms with E-state index in [4.69, 9.17) is 4.74 Å². The van der Waals surface area contributed by atoms with Crippen molar-refractivity contribution in [2.24, 2.45) is 0 Å². The van der Waals surface area contributed by atoms with E-state index < -0.39 is 0 Å². The molecule has 2 nitrogen and oxygen atoms in total. The maximum absolute atomic E-state index is 5.57. The van der Waals surface area contributed by atoms with Gasteiger partial charge in [-0.2, -0.15) is 0 Å². The van der Waals surface area contributed by atoms with Crippen molar-refractivity contribution >= 4 is 15.9 Å². The summed E-state index contributed by atoms with van der Waals surface area (Å²) in [5.74, 6) is 1.47. The van der Waals surface area contributed by atoms with Crippen molar-refractivity contribution in [3.8, 4) is 5.75 Å². The van der Waals surface area contributed by atoms with Gasteiger partial charge in [0.1, 0.15) is 5.75 Å². The summed E-state index contributed by atoms with van der Waals surface area (Å²) in [7, 11) is 1.76. The Labute approximate surface area is 125 Å². The highest BCUT2D eigenvalue weighted by Gasteiger charge is 2.17. The quantitative estimate of drug-likeness (QED) is 0.892. The summed E-state index contributed by atoms with van der Waals surface area (Å²) in [6, 6.07) is 5.08. The molecular formula is C16H24BrNO. The lowest BCUT2D eigenvalue weighted by atomic mass is 9.95. The molecule has 1 aromatic rings. The van der Waals surface area contributed by atoms with E-state index in [-0.39, 0.29) is 0 Å². The van der Waals surface area contributed by atoms with Gasteiger partial charge in [0, 0.05) is 16.1 Å². The third kappa shape index (κ3) is 3.73.